The normalized spacial score (nSPS) is 14.1. The van der Waals surface area contributed by atoms with Crippen molar-refractivity contribution in [1.82, 2.24) is 0 Å². The highest BCUT2D eigenvalue weighted by Crippen LogP contribution is 2.57. The molecule has 1 aliphatic rings. The Morgan fingerprint density at radius 2 is 0.717 bits per heavy atom. The third-order valence-electron chi connectivity index (χ3n) is 12.4. The van der Waals surface area contributed by atoms with Crippen molar-refractivity contribution in [2.75, 3.05) is 4.90 Å². The molecule has 0 aliphatic heterocycles. The lowest BCUT2D eigenvalue weighted by atomic mass is 9.67. The number of benzene rings is 10. The summed E-state index contributed by atoms with van der Waals surface area (Å²) >= 11 is 0. The molecule has 0 saturated carbocycles. The fourth-order valence-electron chi connectivity index (χ4n) is 9.57. The predicted molar refractivity (Wildman–Crippen MR) is 252 cm³/mol. The van der Waals surface area contributed by atoms with Gasteiger partial charge in [0.25, 0.3) is 0 Å². The Morgan fingerprint density at radius 1 is 0.267 bits per heavy atom. The summed E-state index contributed by atoms with van der Waals surface area (Å²) in [6.07, 6.45) is 0. The number of anilines is 3. The van der Waals surface area contributed by atoms with Gasteiger partial charge in [0.1, 0.15) is 0 Å². The molecule has 1 nitrogen and oxygen atoms in total. The lowest BCUT2D eigenvalue weighted by molar-refractivity contribution is 0.768. The molecule has 1 aliphatic carbocycles. The van der Waals surface area contributed by atoms with E-state index in [4.69, 9.17) is 0 Å². The Hall–Kier alpha value is -7.74. The average molecular weight is 764 g/mol. The number of nitrogens with zero attached hydrogens (tertiary/aromatic N) is 1. The summed E-state index contributed by atoms with van der Waals surface area (Å²) < 4.78 is 0. The van der Waals surface area contributed by atoms with Crippen molar-refractivity contribution in [1.29, 1.82) is 0 Å². The highest BCUT2D eigenvalue weighted by Gasteiger charge is 2.46. The SMILES string of the molecule is c1ccc(-c2ccc(N(c3ccc(-c4cccc5ccccc45)cc3)c3ccc4c(c3)C(c3ccccc3)(c3ccc(-c5ccccc5)cc3)c3ccccc3-4)cc2)cc1. The molecule has 0 fully saturated rings. The van der Waals surface area contributed by atoms with Crippen LogP contribution >= 0.6 is 0 Å². The van der Waals surface area contributed by atoms with Crippen LogP contribution in [0.25, 0.3) is 55.3 Å². The first-order chi connectivity index (χ1) is 29.8. The first-order valence-corrected chi connectivity index (χ1v) is 20.8. The summed E-state index contributed by atoms with van der Waals surface area (Å²) in [7, 11) is 0. The quantitative estimate of drug-likeness (QED) is 0.149. The van der Waals surface area contributed by atoms with Gasteiger partial charge in [-0.25, -0.2) is 0 Å². The zero-order valence-corrected chi connectivity index (χ0v) is 33.1. The summed E-state index contributed by atoms with van der Waals surface area (Å²) in [5.74, 6) is 0. The van der Waals surface area contributed by atoms with E-state index in [-0.39, 0.29) is 0 Å². The Morgan fingerprint density at radius 3 is 1.38 bits per heavy atom. The average Bonchev–Trinajstić information content (AvgIpc) is 3.63. The minimum absolute atomic E-state index is 0.542. The van der Waals surface area contributed by atoms with Crippen LogP contribution in [0.3, 0.4) is 0 Å². The van der Waals surface area contributed by atoms with Crippen molar-refractivity contribution in [2.45, 2.75) is 5.41 Å². The van der Waals surface area contributed by atoms with E-state index in [0.717, 1.165) is 17.1 Å². The second kappa shape index (κ2) is 14.9. The fourth-order valence-corrected chi connectivity index (χ4v) is 9.57. The van der Waals surface area contributed by atoms with Gasteiger partial charge in [0, 0.05) is 17.1 Å². The number of hydrogen-bond acceptors (Lipinski definition) is 1. The van der Waals surface area contributed by atoms with Gasteiger partial charge in [-0.1, -0.05) is 212 Å². The molecular formula is C59H41N. The maximum atomic E-state index is 2.46. The number of rotatable bonds is 8. The molecule has 0 heterocycles. The second-order valence-corrected chi connectivity index (χ2v) is 15.7. The fraction of sp³-hybridized carbons (Fsp3) is 0.0169. The summed E-state index contributed by atoms with van der Waals surface area (Å²) in [6.45, 7) is 0. The van der Waals surface area contributed by atoms with E-state index < -0.39 is 5.41 Å². The monoisotopic (exact) mass is 763 g/mol. The first-order valence-electron chi connectivity index (χ1n) is 20.8. The van der Waals surface area contributed by atoms with E-state index >= 15 is 0 Å². The first kappa shape index (κ1) is 35.4. The molecule has 1 atom stereocenters. The molecule has 0 saturated heterocycles. The van der Waals surface area contributed by atoms with Gasteiger partial charge in [-0.05, 0) is 114 Å². The molecule has 60 heavy (non-hydrogen) atoms. The molecule has 282 valence electrons. The van der Waals surface area contributed by atoms with Crippen molar-refractivity contribution >= 4 is 27.8 Å². The third kappa shape index (κ3) is 5.94. The predicted octanol–water partition coefficient (Wildman–Crippen LogP) is 15.7. The third-order valence-corrected chi connectivity index (χ3v) is 12.4. The van der Waals surface area contributed by atoms with Crippen LogP contribution in [0.2, 0.25) is 0 Å². The molecule has 10 aromatic carbocycles. The van der Waals surface area contributed by atoms with Crippen LogP contribution in [0, 0.1) is 0 Å². The van der Waals surface area contributed by atoms with Crippen LogP contribution < -0.4 is 4.90 Å². The van der Waals surface area contributed by atoms with Gasteiger partial charge < -0.3 is 4.90 Å². The van der Waals surface area contributed by atoms with Crippen LogP contribution in [0.5, 0.6) is 0 Å². The molecule has 0 amide bonds. The summed E-state index contributed by atoms with van der Waals surface area (Å²) in [5.41, 5.74) is 17.6. The summed E-state index contributed by atoms with van der Waals surface area (Å²) in [4.78, 5) is 2.42. The number of fused-ring (bicyclic) bond motifs is 4. The topological polar surface area (TPSA) is 3.24 Å². The maximum absolute atomic E-state index is 2.46. The minimum Gasteiger partial charge on any atom is -0.310 e. The van der Waals surface area contributed by atoms with Crippen LogP contribution in [0.15, 0.2) is 249 Å². The molecule has 0 N–H and O–H groups in total. The smallest absolute Gasteiger partial charge is 0.0714 e. The Bertz CT molecular complexity index is 3090. The molecule has 0 aromatic heterocycles. The summed E-state index contributed by atoms with van der Waals surface area (Å²) in [6, 6.07) is 91.1. The highest BCUT2D eigenvalue weighted by atomic mass is 15.1. The van der Waals surface area contributed by atoms with Crippen LogP contribution in [-0.4, -0.2) is 0 Å². The molecular weight excluding hydrogens is 723 g/mol. The zero-order valence-electron chi connectivity index (χ0n) is 33.1. The van der Waals surface area contributed by atoms with Gasteiger partial charge in [0.2, 0.25) is 0 Å². The molecule has 1 unspecified atom stereocenters. The van der Waals surface area contributed by atoms with Crippen molar-refractivity contribution in [3.05, 3.63) is 271 Å². The van der Waals surface area contributed by atoms with Crippen LogP contribution in [-0.2, 0) is 5.41 Å². The van der Waals surface area contributed by atoms with E-state index in [0.29, 0.717) is 0 Å². The minimum atomic E-state index is -0.542. The Labute approximate surface area is 352 Å². The van der Waals surface area contributed by atoms with Crippen molar-refractivity contribution in [2.24, 2.45) is 0 Å². The van der Waals surface area contributed by atoms with E-state index in [9.17, 15) is 0 Å². The lowest BCUT2D eigenvalue weighted by Gasteiger charge is -2.35. The van der Waals surface area contributed by atoms with Gasteiger partial charge in [-0.3, -0.25) is 0 Å². The van der Waals surface area contributed by atoms with E-state index in [2.05, 4.69) is 254 Å². The molecule has 11 rings (SSSR count). The number of hydrogen-bond donors (Lipinski definition) is 0. The molecule has 10 aromatic rings. The molecule has 0 bridgehead atoms. The standard InChI is InChI=1S/C59H41N/c1-4-15-42(16-5-1)44-27-33-49(34-28-44)59(48-21-8-3-9-22-48)57-26-13-12-24-55(57)56-40-39-52(41-58(56)59)60(50-35-29-45(30-36-50)43-17-6-2-7-18-43)51-37-31-47(32-38-51)54-25-14-20-46-19-10-11-23-53(46)54/h1-41H. The highest BCUT2D eigenvalue weighted by molar-refractivity contribution is 5.97. The van der Waals surface area contributed by atoms with Gasteiger partial charge >= 0.3 is 0 Å². The largest absolute Gasteiger partial charge is 0.310 e. The second-order valence-electron chi connectivity index (χ2n) is 15.7. The summed E-state index contributed by atoms with van der Waals surface area (Å²) in [5, 5.41) is 2.50. The van der Waals surface area contributed by atoms with Gasteiger partial charge in [0.05, 0.1) is 5.41 Å². The molecule has 1 heteroatoms. The molecule has 0 spiro atoms. The Balaban J connectivity index is 1.10. The maximum Gasteiger partial charge on any atom is 0.0714 e. The van der Waals surface area contributed by atoms with Crippen LogP contribution in [0.4, 0.5) is 17.1 Å². The van der Waals surface area contributed by atoms with Crippen molar-refractivity contribution in [3.63, 3.8) is 0 Å². The Kier molecular flexibility index (Phi) is 8.79. The lowest BCUT2D eigenvalue weighted by Crippen LogP contribution is -2.28. The van der Waals surface area contributed by atoms with Gasteiger partial charge in [-0.15, -0.1) is 0 Å². The van der Waals surface area contributed by atoms with Crippen LogP contribution in [0.1, 0.15) is 22.3 Å². The van der Waals surface area contributed by atoms with Gasteiger partial charge in [-0.2, -0.15) is 0 Å². The van der Waals surface area contributed by atoms with E-state index in [1.807, 2.05) is 0 Å². The van der Waals surface area contributed by atoms with E-state index in [1.54, 1.807) is 0 Å². The van der Waals surface area contributed by atoms with Crippen molar-refractivity contribution < 1.29 is 0 Å². The van der Waals surface area contributed by atoms with Gasteiger partial charge in [0.15, 0.2) is 0 Å². The van der Waals surface area contributed by atoms with Crippen molar-refractivity contribution in [3.8, 4) is 44.5 Å². The molecule has 0 radical (unpaired) electrons. The van der Waals surface area contributed by atoms with E-state index in [1.165, 1.54) is 77.5 Å². The zero-order chi connectivity index (χ0) is 39.9.